The van der Waals surface area contributed by atoms with E-state index in [0.717, 1.165) is 35.7 Å². The Hall–Kier alpha value is -1.72. The summed E-state index contributed by atoms with van der Waals surface area (Å²) in [5, 5.41) is 8.66. The molecule has 1 aromatic rings. The van der Waals surface area contributed by atoms with Gasteiger partial charge in [-0.05, 0) is 56.8 Å². The molecule has 0 bridgehead atoms. The highest BCUT2D eigenvalue weighted by Crippen LogP contribution is 2.24. The van der Waals surface area contributed by atoms with Crippen LogP contribution in [0.3, 0.4) is 0 Å². The minimum absolute atomic E-state index is 0.0299. The van der Waals surface area contributed by atoms with Gasteiger partial charge in [-0.25, -0.2) is 0 Å². The summed E-state index contributed by atoms with van der Waals surface area (Å²) in [5.74, 6) is 0. The lowest BCUT2D eigenvalue weighted by Gasteiger charge is -2.31. The molecule has 1 saturated heterocycles. The predicted molar refractivity (Wildman–Crippen MR) is 111 cm³/mol. The molecule has 0 radical (unpaired) electrons. The van der Waals surface area contributed by atoms with Crippen molar-refractivity contribution in [3.05, 3.63) is 34.9 Å². The van der Waals surface area contributed by atoms with Gasteiger partial charge in [-0.3, -0.25) is 9.59 Å². The van der Waals surface area contributed by atoms with Crippen LogP contribution in [-0.2, 0) is 26.3 Å². The van der Waals surface area contributed by atoms with E-state index < -0.39 is 16.5 Å². The average molecular weight is 446 g/mol. The fourth-order valence-electron chi connectivity index (χ4n) is 3.39. The summed E-state index contributed by atoms with van der Waals surface area (Å²) in [6.45, 7) is 3.23. The molecular formula is C18H28ClN5O4S. The highest BCUT2D eigenvalue weighted by Gasteiger charge is 2.32. The highest BCUT2D eigenvalue weighted by atomic mass is 35.5. The van der Waals surface area contributed by atoms with E-state index >= 15 is 0 Å². The number of carbonyl (C=O) groups excluding carboxylic acids is 2. The summed E-state index contributed by atoms with van der Waals surface area (Å²) in [4.78, 5) is 21.9. The van der Waals surface area contributed by atoms with Crippen LogP contribution in [0, 0.1) is 0 Å². The number of hydrogen-bond acceptors (Lipinski definition) is 5. The Morgan fingerprint density at radius 2 is 1.90 bits per heavy atom. The number of nitrogens with zero attached hydrogens (tertiary/aromatic N) is 1. The highest BCUT2D eigenvalue weighted by molar-refractivity contribution is 7.87. The standard InChI is InChI=1S/C18H28ClN5O4S/c1-18(8-2-10-22-18)9-3-11-24(17(20-13-25)21-14-26)29(27,28)23-12-15-4-6-16(19)7-5-15/h4-7,13-14,17,22-23H,2-3,8-12H2,1H3,(H,20,25)(H,21,26)/t18-/m0/s1. The molecule has 0 aromatic heterocycles. The quantitative estimate of drug-likeness (QED) is 0.263. The van der Waals surface area contributed by atoms with Crippen molar-refractivity contribution >= 4 is 34.6 Å². The van der Waals surface area contributed by atoms with E-state index in [1.807, 2.05) is 0 Å². The van der Waals surface area contributed by atoms with Crippen LogP contribution in [0.15, 0.2) is 24.3 Å². The van der Waals surface area contributed by atoms with Crippen molar-refractivity contribution < 1.29 is 18.0 Å². The van der Waals surface area contributed by atoms with Crippen molar-refractivity contribution in [2.24, 2.45) is 0 Å². The van der Waals surface area contributed by atoms with Gasteiger partial charge in [0.05, 0.1) is 0 Å². The van der Waals surface area contributed by atoms with Gasteiger partial charge in [-0.2, -0.15) is 13.1 Å². The largest absolute Gasteiger partial charge is 0.325 e. The van der Waals surface area contributed by atoms with Gasteiger partial charge in [-0.15, -0.1) is 4.31 Å². The third kappa shape index (κ3) is 7.23. The molecule has 1 aromatic carbocycles. The fourth-order valence-corrected chi connectivity index (χ4v) is 4.80. The Labute approximate surface area is 176 Å². The van der Waals surface area contributed by atoms with Gasteiger partial charge in [-0.1, -0.05) is 23.7 Å². The van der Waals surface area contributed by atoms with Crippen molar-refractivity contribution in [1.29, 1.82) is 0 Å². The van der Waals surface area contributed by atoms with E-state index in [1.165, 1.54) is 0 Å². The second kappa shape index (κ2) is 10.9. The predicted octanol–water partition coefficient (Wildman–Crippen LogP) is 0.674. The zero-order valence-electron chi connectivity index (χ0n) is 16.4. The topological polar surface area (TPSA) is 120 Å². The molecule has 0 saturated carbocycles. The van der Waals surface area contributed by atoms with Crippen LogP contribution >= 0.6 is 11.6 Å². The van der Waals surface area contributed by atoms with E-state index in [2.05, 4.69) is 27.6 Å². The van der Waals surface area contributed by atoms with E-state index in [0.29, 0.717) is 24.3 Å². The van der Waals surface area contributed by atoms with E-state index in [9.17, 15) is 18.0 Å². The molecule has 0 unspecified atom stereocenters. The lowest BCUT2D eigenvalue weighted by Crippen LogP contribution is -2.59. The fraction of sp³-hybridized carbons (Fsp3) is 0.556. The Morgan fingerprint density at radius 1 is 1.24 bits per heavy atom. The summed E-state index contributed by atoms with van der Waals surface area (Å²) >= 11 is 5.85. The van der Waals surface area contributed by atoms with Crippen molar-refractivity contribution in [1.82, 2.24) is 25.0 Å². The third-order valence-electron chi connectivity index (χ3n) is 4.98. The van der Waals surface area contributed by atoms with Crippen LogP contribution < -0.4 is 20.7 Å². The molecule has 4 N–H and O–H groups in total. The zero-order chi connectivity index (χ0) is 21.3. The third-order valence-corrected chi connectivity index (χ3v) is 6.76. The van der Waals surface area contributed by atoms with Crippen LogP contribution in [0.5, 0.6) is 0 Å². The van der Waals surface area contributed by atoms with E-state index in [1.54, 1.807) is 24.3 Å². The van der Waals surface area contributed by atoms with Crippen molar-refractivity contribution in [3.8, 4) is 0 Å². The first kappa shape index (κ1) is 23.6. The van der Waals surface area contributed by atoms with Gasteiger partial charge in [0.1, 0.15) is 0 Å². The normalized spacial score (nSPS) is 19.4. The summed E-state index contributed by atoms with van der Waals surface area (Å²) in [6.07, 6.45) is 2.96. The van der Waals surface area contributed by atoms with E-state index in [4.69, 9.17) is 11.6 Å². The number of nitrogens with one attached hydrogen (secondary N) is 4. The Bertz CT molecular complexity index is 759. The van der Waals surface area contributed by atoms with Gasteiger partial charge >= 0.3 is 0 Å². The molecular weight excluding hydrogens is 418 g/mol. The molecule has 9 nitrogen and oxygen atoms in total. The number of halogens is 1. The minimum Gasteiger partial charge on any atom is -0.325 e. The van der Waals surface area contributed by atoms with Crippen LogP contribution in [0.25, 0.3) is 0 Å². The number of amides is 2. The summed E-state index contributed by atoms with van der Waals surface area (Å²) in [5.41, 5.74) is 0.696. The maximum Gasteiger partial charge on any atom is 0.283 e. The zero-order valence-corrected chi connectivity index (χ0v) is 17.9. The van der Waals surface area contributed by atoms with Gasteiger partial charge < -0.3 is 16.0 Å². The monoisotopic (exact) mass is 445 g/mol. The van der Waals surface area contributed by atoms with Crippen LogP contribution in [0.1, 0.15) is 38.2 Å². The second-order valence-corrected chi connectivity index (χ2v) is 9.37. The number of rotatable bonds is 13. The SMILES string of the molecule is C[C@@]1(CCCN(C(NC=O)NC=O)S(=O)(=O)NCc2ccc(Cl)cc2)CCCN1. The molecule has 1 atom stereocenters. The lowest BCUT2D eigenvalue weighted by molar-refractivity contribution is -0.113. The molecule has 1 heterocycles. The molecule has 1 aliphatic rings. The number of hydrogen-bond donors (Lipinski definition) is 4. The average Bonchev–Trinajstić information content (AvgIpc) is 3.11. The molecule has 0 spiro atoms. The van der Waals surface area contributed by atoms with Crippen LogP contribution in [-0.4, -0.2) is 50.5 Å². The maximum absolute atomic E-state index is 12.9. The van der Waals surface area contributed by atoms with Crippen LogP contribution in [0.4, 0.5) is 0 Å². The molecule has 2 amide bonds. The smallest absolute Gasteiger partial charge is 0.283 e. The first-order valence-corrected chi connectivity index (χ1v) is 11.3. The maximum atomic E-state index is 12.9. The van der Waals surface area contributed by atoms with Crippen molar-refractivity contribution in [2.75, 3.05) is 13.1 Å². The Kier molecular flexibility index (Phi) is 8.84. The van der Waals surface area contributed by atoms with Crippen LogP contribution in [0.2, 0.25) is 5.02 Å². The van der Waals surface area contributed by atoms with Crippen molar-refractivity contribution in [2.45, 2.75) is 51.0 Å². The molecule has 0 aliphatic carbocycles. The number of benzene rings is 1. The Balaban J connectivity index is 2.08. The minimum atomic E-state index is -4.00. The summed E-state index contributed by atoms with van der Waals surface area (Å²) in [7, 11) is -4.00. The van der Waals surface area contributed by atoms with Gasteiger partial charge in [0.25, 0.3) is 10.2 Å². The van der Waals surface area contributed by atoms with Gasteiger partial charge in [0, 0.05) is 23.7 Å². The lowest BCUT2D eigenvalue weighted by atomic mass is 9.94. The second-order valence-electron chi connectivity index (χ2n) is 7.23. The molecule has 1 fully saturated rings. The molecule has 1 aliphatic heterocycles. The molecule has 29 heavy (non-hydrogen) atoms. The van der Waals surface area contributed by atoms with E-state index in [-0.39, 0.29) is 18.6 Å². The first-order valence-electron chi connectivity index (χ1n) is 9.45. The summed E-state index contributed by atoms with van der Waals surface area (Å²) in [6, 6.07) is 6.77. The number of carbonyl (C=O) groups is 2. The van der Waals surface area contributed by atoms with Gasteiger partial charge in [0.2, 0.25) is 12.8 Å². The molecule has 162 valence electrons. The molecule has 2 rings (SSSR count). The molecule has 11 heteroatoms. The van der Waals surface area contributed by atoms with Gasteiger partial charge in [0.15, 0.2) is 6.29 Å². The van der Waals surface area contributed by atoms with Crippen molar-refractivity contribution in [3.63, 3.8) is 0 Å². The summed E-state index contributed by atoms with van der Waals surface area (Å²) < 4.78 is 29.4. The Morgan fingerprint density at radius 3 is 2.45 bits per heavy atom. The first-order chi connectivity index (χ1) is 13.8.